The van der Waals surface area contributed by atoms with Gasteiger partial charge in [-0.2, -0.15) is 9.78 Å². The molecule has 0 aliphatic carbocycles. The van der Waals surface area contributed by atoms with Gasteiger partial charge >= 0.3 is 0 Å². The van der Waals surface area contributed by atoms with Gasteiger partial charge in [0.2, 0.25) is 0 Å². The summed E-state index contributed by atoms with van der Waals surface area (Å²) >= 11 is 12.4. The molecule has 0 bridgehead atoms. The molecule has 1 saturated heterocycles. The molecule has 2 heterocycles. The molecule has 0 spiro atoms. The summed E-state index contributed by atoms with van der Waals surface area (Å²) in [5, 5.41) is 5.12. The smallest absolute Gasteiger partial charge is 0.292 e. The van der Waals surface area contributed by atoms with Gasteiger partial charge in [-0.15, -0.1) is 0 Å². The molecule has 0 amide bonds. The number of piperazine rings is 1. The summed E-state index contributed by atoms with van der Waals surface area (Å²) in [6.07, 6.45) is 1.67. The Labute approximate surface area is 173 Å². The Morgan fingerprint density at radius 2 is 1.46 bits per heavy atom. The minimum atomic E-state index is -0.331. The first-order valence-electron chi connectivity index (χ1n) is 9.14. The van der Waals surface area contributed by atoms with Crippen molar-refractivity contribution >= 4 is 34.6 Å². The number of nitrogens with zero attached hydrogens (tertiary/aromatic N) is 4. The van der Waals surface area contributed by atoms with E-state index in [-0.39, 0.29) is 10.6 Å². The Balaban J connectivity index is 1.54. The van der Waals surface area contributed by atoms with Crippen molar-refractivity contribution in [3.63, 3.8) is 0 Å². The summed E-state index contributed by atoms with van der Waals surface area (Å²) in [5.74, 6) is 0. The molecule has 1 aromatic heterocycles. The van der Waals surface area contributed by atoms with Crippen LogP contribution >= 0.6 is 23.2 Å². The summed E-state index contributed by atoms with van der Waals surface area (Å²) in [6.45, 7) is 5.40. The first-order chi connectivity index (χ1) is 13.5. The first-order valence-corrected chi connectivity index (χ1v) is 9.89. The molecule has 0 N–H and O–H groups in total. The van der Waals surface area contributed by atoms with E-state index < -0.39 is 0 Å². The van der Waals surface area contributed by atoms with Crippen LogP contribution < -0.4 is 15.4 Å². The highest BCUT2D eigenvalue weighted by molar-refractivity contribution is 6.33. The SMILES string of the molecule is Cc1ccccc1N1CCN(c2cnn(-c3ccc(Cl)cc3)c(=O)c2Cl)CC1. The number of hydrogen-bond acceptors (Lipinski definition) is 4. The van der Waals surface area contributed by atoms with Gasteiger partial charge < -0.3 is 9.80 Å². The number of anilines is 2. The minimum absolute atomic E-state index is 0.189. The average molecular weight is 415 g/mol. The van der Waals surface area contributed by atoms with Crippen LogP contribution in [0.25, 0.3) is 5.69 Å². The molecule has 0 unspecified atom stereocenters. The van der Waals surface area contributed by atoms with Crippen LogP contribution in [0.1, 0.15) is 5.56 Å². The van der Waals surface area contributed by atoms with Gasteiger partial charge in [-0.25, -0.2) is 0 Å². The third-order valence-electron chi connectivity index (χ3n) is 5.05. The molecule has 5 nitrogen and oxygen atoms in total. The van der Waals surface area contributed by atoms with Crippen molar-refractivity contribution in [2.45, 2.75) is 6.92 Å². The number of aromatic nitrogens is 2. The lowest BCUT2D eigenvalue weighted by atomic mass is 10.1. The molecule has 0 saturated carbocycles. The zero-order valence-electron chi connectivity index (χ0n) is 15.5. The third kappa shape index (κ3) is 3.60. The lowest BCUT2D eigenvalue weighted by Gasteiger charge is -2.38. The quantitative estimate of drug-likeness (QED) is 0.644. The highest BCUT2D eigenvalue weighted by Crippen LogP contribution is 2.26. The van der Waals surface area contributed by atoms with E-state index in [9.17, 15) is 4.79 Å². The van der Waals surface area contributed by atoms with Gasteiger partial charge in [0.25, 0.3) is 5.56 Å². The highest BCUT2D eigenvalue weighted by atomic mass is 35.5. The van der Waals surface area contributed by atoms with E-state index >= 15 is 0 Å². The average Bonchev–Trinajstić information content (AvgIpc) is 2.71. The van der Waals surface area contributed by atoms with Crippen LogP contribution in [-0.2, 0) is 0 Å². The summed E-state index contributed by atoms with van der Waals surface area (Å²) in [6, 6.07) is 15.3. The molecule has 2 aromatic carbocycles. The normalized spacial score (nSPS) is 14.4. The molecule has 144 valence electrons. The Morgan fingerprint density at radius 1 is 0.857 bits per heavy atom. The molecule has 1 aliphatic heterocycles. The summed E-state index contributed by atoms with van der Waals surface area (Å²) < 4.78 is 1.30. The standard InChI is InChI=1S/C21H20Cl2N4O/c1-15-4-2-3-5-18(15)25-10-12-26(13-11-25)19-14-24-27(21(28)20(19)23)17-8-6-16(22)7-9-17/h2-9,14H,10-13H2,1H3. The van der Waals surface area contributed by atoms with Crippen LogP contribution in [0.3, 0.4) is 0 Å². The van der Waals surface area contributed by atoms with Gasteiger partial charge in [0.15, 0.2) is 0 Å². The van der Waals surface area contributed by atoms with E-state index in [2.05, 4.69) is 46.1 Å². The molecule has 4 rings (SSSR count). The van der Waals surface area contributed by atoms with Crippen molar-refractivity contribution in [1.82, 2.24) is 9.78 Å². The fourth-order valence-corrected chi connectivity index (χ4v) is 3.89. The van der Waals surface area contributed by atoms with Crippen molar-refractivity contribution < 1.29 is 0 Å². The van der Waals surface area contributed by atoms with Crippen molar-refractivity contribution in [2.24, 2.45) is 0 Å². The molecule has 1 aliphatic rings. The van der Waals surface area contributed by atoms with Gasteiger partial charge in [-0.05, 0) is 42.8 Å². The fourth-order valence-electron chi connectivity index (χ4n) is 3.52. The van der Waals surface area contributed by atoms with Crippen molar-refractivity contribution in [2.75, 3.05) is 36.0 Å². The fraction of sp³-hybridized carbons (Fsp3) is 0.238. The van der Waals surface area contributed by atoms with E-state index in [0.717, 1.165) is 26.2 Å². The number of aryl methyl sites for hydroxylation is 1. The lowest BCUT2D eigenvalue weighted by Crippen LogP contribution is -2.47. The number of para-hydroxylation sites is 1. The predicted molar refractivity (Wildman–Crippen MR) is 115 cm³/mol. The highest BCUT2D eigenvalue weighted by Gasteiger charge is 2.22. The van der Waals surface area contributed by atoms with Crippen LogP contribution in [0, 0.1) is 6.92 Å². The van der Waals surface area contributed by atoms with Crippen LogP contribution in [0.5, 0.6) is 0 Å². The van der Waals surface area contributed by atoms with Crippen molar-refractivity contribution in [1.29, 1.82) is 0 Å². The van der Waals surface area contributed by atoms with Gasteiger partial charge in [-0.1, -0.05) is 41.4 Å². The van der Waals surface area contributed by atoms with Crippen LogP contribution in [0.2, 0.25) is 10.0 Å². The van der Waals surface area contributed by atoms with Crippen LogP contribution in [0.4, 0.5) is 11.4 Å². The zero-order chi connectivity index (χ0) is 19.7. The summed E-state index contributed by atoms with van der Waals surface area (Å²) in [4.78, 5) is 17.2. The van der Waals surface area contributed by atoms with Gasteiger partial charge in [0.05, 0.1) is 17.6 Å². The lowest BCUT2D eigenvalue weighted by molar-refractivity contribution is 0.648. The largest absolute Gasteiger partial charge is 0.368 e. The first kappa shape index (κ1) is 18.8. The molecule has 7 heteroatoms. The number of hydrogen-bond donors (Lipinski definition) is 0. The Bertz CT molecular complexity index is 1040. The van der Waals surface area contributed by atoms with Gasteiger partial charge in [0, 0.05) is 36.9 Å². The predicted octanol–water partition coefficient (Wildman–Crippen LogP) is 4.17. The third-order valence-corrected chi connectivity index (χ3v) is 5.66. The van der Waals surface area contributed by atoms with E-state index in [1.807, 2.05) is 0 Å². The molecular weight excluding hydrogens is 395 g/mol. The van der Waals surface area contributed by atoms with Crippen molar-refractivity contribution in [3.8, 4) is 5.69 Å². The van der Waals surface area contributed by atoms with E-state index in [0.29, 0.717) is 16.4 Å². The summed E-state index contributed by atoms with van der Waals surface area (Å²) in [5.41, 5.74) is 3.50. The monoisotopic (exact) mass is 414 g/mol. The molecule has 3 aromatic rings. The van der Waals surface area contributed by atoms with Crippen molar-refractivity contribution in [3.05, 3.63) is 80.7 Å². The molecular formula is C21H20Cl2N4O. The van der Waals surface area contributed by atoms with Gasteiger partial charge in [-0.3, -0.25) is 4.79 Å². The zero-order valence-corrected chi connectivity index (χ0v) is 17.0. The Morgan fingerprint density at radius 3 is 2.11 bits per heavy atom. The minimum Gasteiger partial charge on any atom is -0.368 e. The van der Waals surface area contributed by atoms with E-state index in [4.69, 9.17) is 23.2 Å². The number of benzene rings is 2. The maximum Gasteiger partial charge on any atom is 0.292 e. The number of halogens is 2. The second kappa shape index (κ2) is 7.86. The Hall–Kier alpha value is -2.50. The number of rotatable bonds is 3. The van der Waals surface area contributed by atoms with Crippen LogP contribution in [0.15, 0.2) is 59.5 Å². The second-order valence-corrected chi connectivity index (χ2v) is 7.61. The molecule has 0 radical (unpaired) electrons. The van der Waals surface area contributed by atoms with E-state index in [1.54, 1.807) is 30.5 Å². The maximum absolute atomic E-state index is 12.7. The second-order valence-electron chi connectivity index (χ2n) is 6.80. The maximum atomic E-state index is 12.7. The topological polar surface area (TPSA) is 41.4 Å². The molecule has 0 atom stereocenters. The van der Waals surface area contributed by atoms with Gasteiger partial charge in [0.1, 0.15) is 5.02 Å². The summed E-state index contributed by atoms with van der Waals surface area (Å²) in [7, 11) is 0. The molecule has 1 fully saturated rings. The molecule has 28 heavy (non-hydrogen) atoms. The van der Waals surface area contributed by atoms with Crippen LogP contribution in [-0.4, -0.2) is 36.0 Å². The van der Waals surface area contributed by atoms with E-state index in [1.165, 1.54) is 15.9 Å². The Kier molecular flexibility index (Phi) is 5.29.